The van der Waals surface area contributed by atoms with Crippen LogP contribution < -0.4 is 11.1 Å². The number of amides is 1. The van der Waals surface area contributed by atoms with Gasteiger partial charge in [-0.1, -0.05) is 12.5 Å². The predicted molar refractivity (Wildman–Crippen MR) is 75.5 cm³/mol. The van der Waals surface area contributed by atoms with Crippen molar-refractivity contribution in [2.45, 2.75) is 37.6 Å². The van der Waals surface area contributed by atoms with Crippen LogP contribution in [0.15, 0.2) is 18.2 Å². The monoisotopic (exact) mass is 294 g/mol. The zero-order valence-corrected chi connectivity index (χ0v) is 11.8. The summed E-state index contributed by atoms with van der Waals surface area (Å²) in [6.45, 7) is 0.599. The van der Waals surface area contributed by atoms with Crippen molar-refractivity contribution in [3.8, 4) is 0 Å². The Labute approximate surface area is 122 Å². The van der Waals surface area contributed by atoms with Crippen LogP contribution in [0.25, 0.3) is 0 Å². The number of nitrogens with two attached hydrogens (primary N) is 1. The van der Waals surface area contributed by atoms with Crippen LogP contribution in [0.1, 0.15) is 37.2 Å². The van der Waals surface area contributed by atoms with Crippen molar-refractivity contribution in [2.75, 3.05) is 6.54 Å². The smallest absolute Gasteiger partial charge is 0.223 e. The Bertz CT molecular complexity index is 549. The van der Waals surface area contributed by atoms with E-state index in [9.17, 15) is 13.6 Å². The highest BCUT2D eigenvalue weighted by Crippen LogP contribution is 2.48. The van der Waals surface area contributed by atoms with E-state index in [4.69, 9.17) is 5.73 Å². The normalized spacial score (nSPS) is 31.2. The van der Waals surface area contributed by atoms with Gasteiger partial charge >= 0.3 is 0 Å². The van der Waals surface area contributed by atoms with Crippen LogP contribution >= 0.6 is 0 Å². The Morgan fingerprint density at radius 3 is 2.81 bits per heavy atom. The van der Waals surface area contributed by atoms with Crippen molar-refractivity contribution in [1.82, 2.24) is 5.32 Å². The van der Waals surface area contributed by atoms with Gasteiger partial charge in [-0.3, -0.25) is 4.79 Å². The average molecular weight is 294 g/mol. The predicted octanol–water partition coefficient (Wildman–Crippen LogP) is 2.31. The molecule has 0 spiro atoms. The van der Waals surface area contributed by atoms with Crippen molar-refractivity contribution in [2.24, 2.45) is 17.6 Å². The summed E-state index contributed by atoms with van der Waals surface area (Å²) in [6.07, 6.45) is 3.86. The molecule has 3 nitrogen and oxygen atoms in total. The van der Waals surface area contributed by atoms with E-state index in [1.807, 2.05) is 0 Å². The molecule has 2 saturated carbocycles. The van der Waals surface area contributed by atoms with Gasteiger partial charge in [-0.2, -0.15) is 0 Å². The fourth-order valence-electron chi connectivity index (χ4n) is 3.39. The summed E-state index contributed by atoms with van der Waals surface area (Å²) in [6, 6.07) is 4.06. The van der Waals surface area contributed by atoms with Crippen molar-refractivity contribution < 1.29 is 13.6 Å². The zero-order valence-electron chi connectivity index (χ0n) is 11.8. The molecular weight excluding hydrogens is 274 g/mol. The summed E-state index contributed by atoms with van der Waals surface area (Å²) in [5.41, 5.74) is 6.42. The van der Waals surface area contributed by atoms with Gasteiger partial charge in [-0.25, -0.2) is 8.78 Å². The van der Waals surface area contributed by atoms with Gasteiger partial charge in [0.15, 0.2) is 11.6 Å². The number of carbonyl (C=O) groups excluding carboxylic acids is 1. The van der Waals surface area contributed by atoms with Crippen LogP contribution in [-0.2, 0) is 4.79 Å². The Balaban J connectivity index is 1.59. The van der Waals surface area contributed by atoms with Crippen LogP contribution in [-0.4, -0.2) is 18.5 Å². The van der Waals surface area contributed by atoms with E-state index < -0.39 is 11.6 Å². The van der Waals surface area contributed by atoms with Gasteiger partial charge < -0.3 is 11.1 Å². The van der Waals surface area contributed by atoms with Gasteiger partial charge in [-0.05, 0) is 55.3 Å². The largest absolute Gasteiger partial charge is 0.353 e. The van der Waals surface area contributed by atoms with Gasteiger partial charge in [0.2, 0.25) is 5.91 Å². The van der Waals surface area contributed by atoms with Crippen molar-refractivity contribution in [3.05, 3.63) is 35.4 Å². The first-order valence-corrected chi connectivity index (χ1v) is 7.55. The number of halogens is 2. The summed E-state index contributed by atoms with van der Waals surface area (Å²) in [5.74, 6) is -1.41. The lowest BCUT2D eigenvalue weighted by Gasteiger charge is -2.19. The van der Waals surface area contributed by atoms with Gasteiger partial charge in [-0.15, -0.1) is 0 Å². The lowest BCUT2D eigenvalue weighted by molar-refractivity contribution is -0.123. The number of hydrogen-bond acceptors (Lipinski definition) is 2. The molecule has 3 rings (SSSR count). The fraction of sp³-hybridized carbons (Fsp3) is 0.562. The van der Waals surface area contributed by atoms with Crippen LogP contribution in [0.2, 0.25) is 0 Å². The highest BCUT2D eigenvalue weighted by Gasteiger charge is 2.45. The van der Waals surface area contributed by atoms with Crippen LogP contribution in [0.3, 0.4) is 0 Å². The summed E-state index contributed by atoms with van der Waals surface area (Å²) in [5, 5.41) is 3.08. The third kappa shape index (κ3) is 2.93. The molecule has 0 bridgehead atoms. The highest BCUT2D eigenvalue weighted by atomic mass is 19.2. The lowest BCUT2D eigenvalue weighted by atomic mass is 10.0. The van der Waals surface area contributed by atoms with Gasteiger partial charge in [0.1, 0.15) is 0 Å². The number of nitrogens with one attached hydrogen (secondary N) is 1. The maximum Gasteiger partial charge on any atom is 0.223 e. The Kier molecular flexibility index (Phi) is 3.93. The highest BCUT2D eigenvalue weighted by molar-refractivity contribution is 5.83. The lowest BCUT2D eigenvalue weighted by Crippen LogP contribution is -2.40. The number of hydrogen-bond donors (Lipinski definition) is 2. The summed E-state index contributed by atoms with van der Waals surface area (Å²) in [4.78, 5) is 12.2. The van der Waals surface area contributed by atoms with E-state index >= 15 is 0 Å². The van der Waals surface area contributed by atoms with E-state index in [0.717, 1.165) is 25.3 Å². The summed E-state index contributed by atoms with van der Waals surface area (Å²) < 4.78 is 26.2. The molecule has 2 fully saturated rings. The van der Waals surface area contributed by atoms with Gasteiger partial charge in [0.05, 0.1) is 0 Å². The molecule has 4 atom stereocenters. The molecule has 0 saturated heterocycles. The molecule has 1 aromatic carbocycles. The number of rotatable bonds is 4. The first kappa shape index (κ1) is 14.4. The second-order valence-electron chi connectivity index (χ2n) is 6.16. The van der Waals surface area contributed by atoms with Gasteiger partial charge in [0.25, 0.3) is 0 Å². The SMILES string of the molecule is NCC1CCCC1NC(=O)C1CC1c1ccc(F)c(F)c1. The van der Waals surface area contributed by atoms with Crippen LogP contribution in [0.4, 0.5) is 8.78 Å². The molecular formula is C16H20F2N2O. The number of carbonyl (C=O) groups is 1. The molecule has 1 aromatic rings. The molecule has 0 heterocycles. The second-order valence-corrected chi connectivity index (χ2v) is 6.16. The topological polar surface area (TPSA) is 55.1 Å². The minimum Gasteiger partial charge on any atom is -0.353 e. The first-order chi connectivity index (χ1) is 10.1. The third-order valence-corrected chi connectivity index (χ3v) is 4.79. The average Bonchev–Trinajstić information content (AvgIpc) is 3.15. The van der Waals surface area contributed by atoms with Gasteiger partial charge in [0, 0.05) is 12.0 Å². The zero-order chi connectivity index (χ0) is 15.0. The van der Waals surface area contributed by atoms with Crippen LogP contribution in [0.5, 0.6) is 0 Å². The van der Waals surface area contributed by atoms with Crippen molar-refractivity contribution in [1.29, 1.82) is 0 Å². The molecule has 2 aliphatic rings. The minimum absolute atomic E-state index is 0.0119. The standard InChI is InChI=1S/C16H20F2N2O/c17-13-5-4-9(6-14(13)18)11-7-12(11)16(21)20-15-3-1-2-10(15)8-19/h4-6,10-12,15H,1-3,7-8,19H2,(H,20,21). The molecule has 0 aromatic heterocycles. The second kappa shape index (κ2) is 5.72. The molecule has 5 heteroatoms. The Morgan fingerprint density at radius 2 is 2.10 bits per heavy atom. The molecule has 2 aliphatic carbocycles. The quantitative estimate of drug-likeness (QED) is 0.895. The maximum atomic E-state index is 13.2. The first-order valence-electron chi connectivity index (χ1n) is 7.55. The summed E-state index contributed by atoms with van der Waals surface area (Å²) in [7, 11) is 0. The molecule has 114 valence electrons. The van der Waals surface area contributed by atoms with Crippen molar-refractivity contribution >= 4 is 5.91 Å². The van der Waals surface area contributed by atoms with E-state index in [0.29, 0.717) is 24.4 Å². The third-order valence-electron chi connectivity index (χ3n) is 4.79. The minimum atomic E-state index is -0.850. The van der Waals surface area contributed by atoms with E-state index in [1.54, 1.807) is 6.07 Å². The molecule has 4 unspecified atom stereocenters. The fourth-order valence-corrected chi connectivity index (χ4v) is 3.39. The maximum absolute atomic E-state index is 13.2. The molecule has 21 heavy (non-hydrogen) atoms. The molecule has 3 N–H and O–H groups in total. The Morgan fingerprint density at radius 1 is 1.29 bits per heavy atom. The molecule has 0 radical (unpaired) electrons. The summed E-state index contributed by atoms with van der Waals surface area (Å²) >= 11 is 0. The van der Waals surface area contributed by atoms with E-state index in [2.05, 4.69) is 5.32 Å². The van der Waals surface area contributed by atoms with E-state index in [1.165, 1.54) is 6.07 Å². The van der Waals surface area contributed by atoms with Crippen LogP contribution in [0, 0.1) is 23.5 Å². The number of benzene rings is 1. The van der Waals surface area contributed by atoms with Crippen molar-refractivity contribution in [3.63, 3.8) is 0 Å². The molecule has 1 amide bonds. The van der Waals surface area contributed by atoms with E-state index in [-0.39, 0.29) is 23.8 Å². The molecule has 0 aliphatic heterocycles. The Hall–Kier alpha value is -1.49.